The van der Waals surface area contributed by atoms with Gasteiger partial charge >= 0.3 is 0 Å². The molecule has 1 aliphatic heterocycles. The second-order valence-electron chi connectivity index (χ2n) is 4.28. The van der Waals surface area contributed by atoms with Gasteiger partial charge in [0.2, 0.25) is 11.8 Å². The van der Waals surface area contributed by atoms with E-state index in [9.17, 15) is 9.59 Å². The van der Waals surface area contributed by atoms with Gasteiger partial charge in [-0.2, -0.15) is 0 Å². The zero-order valence-corrected chi connectivity index (χ0v) is 9.90. The largest absolute Gasteiger partial charge is 0.333 e. The number of nitrogens with one attached hydrogen (secondary N) is 1. The molecule has 0 saturated carbocycles. The van der Waals surface area contributed by atoms with Crippen LogP contribution < -0.4 is 5.32 Å². The summed E-state index contributed by atoms with van der Waals surface area (Å²) in [5.41, 5.74) is 1.83. The fourth-order valence-electron chi connectivity index (χ4n) is 1.95. The van der Waals surface area contributed by atoms with E-state index >= 15 is 0 Å². The zero-order chi connectivity index (χ0) is 12.3. The van der Waals surface area contributed by atoms with E-state index < -0.39 is 0 Å². The van der Waals surface area contributed by atoms with E-state index in [4.69, 9.17) is 0 Å². The second kappa shape index (κ2) is 4.99. The lowest BCUT2D eigenvalue weighted by Crippen LogP contribution is -2.34. The Balaban J connectivity index is 0.00000162. The van der Waals surface area contributed by atoms with Crippen molar-refractivity contribution in [3.05, 3.63) is 29.8 Å². The Morgan fingerprint density at radius 3 is 2.88 bits per heavy atom. The Bertz CT molecular complexity index is 448. The molecule has 0 radical (unpaired) electrons. The van der Waals surface area contributed by atoms with Gasteiger partial charge in [0.25, 0.3) is 0 Å². The lowest BCUT2D eigenvalue weighted by atomic mass is 10.2. The second-order valence-corrected chi connectivity index (χ2v) is 4.28. The van der Waals surface area contributed by atoms with Crippen LogP contribution in [0.5, 0.6) is 0 Å². The van der Waals surface area contributed by atoms with Crippen LogP contribution in [0.25, 0.3) is 0 Å². The lowest BCUT2D eigenvalue weighted by Gasteiger charge is -2.15. The van der Waals surface area contributed by atoms with Gasteiger partial charge in [-0.05, 0) is 25.0 Å². The summed E-state index contributed by atoms with van der Waals surface area (Å²) in [7, 11) is 0. The number of carbonyl (C=O) groups excluding carboxylic acids is 2. The minimum absolute atomic E-state index is 0. The molecule has 0 bridgehead atoms. The van der Waals surface area contributed by atoms with E-state index in [1.54, 1.807) is 4.90 Å². The van der Waals surface area contributed by atoms with Gasteiger partial charge < -0.3 is 10.2 Å². The van der Waals surface area contributed by atoms with Gasteiger partial charge in [0.1, 0.15) is 0 Å². The van der Waals surface area contributed by atoms with E-state index in [0.717, 1.165) is 17.7 Å². The van der Waals surface area contributed by atoms with E-state index in [1.165, 1.54) is 0 Å². The monoisotopic (exact) mass is 234 g/mol. The van der Waals surface area contributed by atoms with E-state index in [-0.39, 0.29) is 19.8 Å². The summed E-state index contributed by atoms with van der Waals surface area (Å²) in [5.74, 6) is -0.0560. The molecule has 1 fully saturated rings. The number of aryl methyl sites for hydroxylation is 1. The van der Waals surface area contributed by atoms with Gasteiger partial charge in [-0.25, -0.2) is 0 Å². The minimum Gasteiger partial charge on any atom is -0.333 e. The molecule has 1 saturated heterocycles. The van der Waals surface area contributed by atoms with Crippen LogP contribution in [-0.4, -0.2) is 29.8 Å². The highest BCUT2D eigenvalue weighted by Crippen LogP contribution is 2.14. The number of benzene rings is 1. The molecule has 1 aromatic rings. The maximum Gasteiger partial charge on any atom is 0.244 e. The summed E-state index contributed by atoms with van der Waals surface area (Å²) in [6, 6.07) is 7.61. The minimum atomic E-state index is -0.130. The first-order valence-corrected chi connectivity index (χ1v) is 5.80. The van der Waals surface area contributed by atoms with Crippen molar-refractivity contribution in [2.24, 2.45) is 0 Å². The molecule has 4 nitrogen and oxygen atoms in total. The molecule has 2 rings (SSSR count). The average molecular weight is 234 g/mol. The summed E-state index contributed by atoms with van der Waals surface area (Å²) in [4.78, 5) is 24.7. The molecule has 4 heteroatoms. The fraction of sp³-hybridized carbons (Fsp3) is 0.385. The average Bonchev–Trinajstić information content (AvgIpc) is 2.68. The highest BCUT2D eigenvalue weighted by Gasteiger charge is 2.22. The summed E-state index contributed by atoms with van der Waals surface area (Å²) >= 11 is 0. The van der Waals surface area contributed by atoms with Gasteiger partial charge in [0.15, 0.2) is 0 Å². The number of hydrogen-bond acceptors (Lipinski definition) is 2. The molecule has 17 heavy (non-hydrogen) atoms. The van der Waals surface area contributed by atoms with Crippen molar-refractivity contribution in [2.45, 2.75) is 19.8 Å². The topological polar surface area (TPSA) is 49.4 Å². The van der Waals surface area contributed by atoms with Crippen LogP contribution in [0.3, 0.4) is 0 Å². The molecule has 0 spiro atoms. The van der Waals surface area contributed by atoms with Crippen molar-refractivity contribution in [1.82, 2.24) is 4.90 Å². The number of hydrogen-bond donors (Lipinski definition) is 1. The molecule has 92 valence electrons. The van der Waals surface area contributed by atoms with Gasteiger partial charge in [0, 0.05) is 20.1 Å². The number of carbonyl (C=O) groups is 2. The SMILES string of the molecule is Cc1ccccc1NC(=O)CN1CCCC1=O.[HH]. The number of rotatable bonds is 3. The summed E-state index contributed by atoms with van der Waals surface area (Å²) in [5, 5.41) is 2.82. The molecule has 0 aliphatic carbocycles. The molecule has 1 aromatic carbocycles. The molecule has 0 aromatic heterocycles. The van der Waals surface area contributed by atoms with Crippen LogP contribution in [0.15, 0.2) is 24.3 Å². The molecule has 0 atom stereocenters. The number of amides is 2. The van der Waals surface area contributed by atoms with Gasteiger partial charge in [-0.15, -0.1) is 0 Å². The smallest absolute Gasteiger partial charge is 0.244 e. The van der Waals surface area contributed by atoms with Crippen molar-refractivity contribution in [2.75, 3.05) is 18.4 Å². The van der Waals surface area contributed by atoms with Crippen molar-refractivity contribution in [1.29, 1.82) is 0 Å². The summed E-state index contributed by atoms with van der Waals surface area (Å²) in [6.07, 6.45) is 1.42. The van der Waals surface area contributed by atoms with Crippen molar-refractivity contribution >= 4 is 17.5 Å². The first-order valence-electron chi connectivity index (χ1n) is 5.80. The normalized spacial score (nSPS) is 15.1. The number of likely N-dealkylation sites (tertiary alicyclic amines) is 1. The Morgan fingerprint density at radius 1 is 1.47 bits per heavy atom. The predicted octanol–water partition coefficient (Wildman–Crippen LogP) is 1.80. The molecular weight excluding hydrogens is 216 g/mol. The lowest BCUT2D eigenvalue weighted by molar-refractivity contribution is -0.131. The van der Waals surface area contributed by atoms with Crippen molar-refractivity contribution < 1.29 is 11.0 Å². The van der Waals surface area contributed by atoms with E-state index in [2.05, 4.69) is 5.32 Å². The third-order valence-electron chi connectivity index (χ3n) is 2.93. The summed E-state index contributed by atoms with van der Waals surface area (Å²) < 4.78 is 0. The van der Waals surface area contributed by atoms with Gasteiger partial charge in [-0.3, -0.25) is 9.59 Å². The van der Waals surface area contributed by atoms with Crippen LogP contribution in [0.4, 0.5) is 5.69 Å². The molecule has 2 amide bonds. The Labute approximate surface area is 102 Å². The molecule has 1 aliphatic rings. The molecule has 1 N–H and O–H groups in total. The fourth-order valence-corrected chi connectivity index (χ4v) is 1.95. The molecule has 1 heterocycles. The zero-order valence-electron chi connectivity index (χ0n) is 9.90. The highest BCUT2D eigenvalue weighted by atomic mass is 16.2. The van der Waals surface area contributed by atoms with Crippen LogP contribution in [0.1, 0.15) is 19.8 Å². The number of anilines is 1. The standard InChI is InChI=1S/C13H16N2O2.H2/c1-10-5-2-3-6-11(10)14-12(16)9-15-8-4-7-13(15)17;/h2-3,5-6H,4,7-9H2,1H3,(H,14,16);1H. The van der Waals surface area contributed by atoms with Crippen LogP contribution >= 0.6 is 0 Å². The van der Waals surface area contributed by atoms with Crippen LogP contribution in [0, 0.1) is 6.92 Å². The Morgan fingerprint density at radius 2 is 2.24 bits per heavy atom. The first kappa shape index (κ1) is 11.6. The maximum absolute atomic E-state index is 11.8. The van der Waals surface area contributed by atoms with Crippen LogP contribution in [-0.2, 0) is 9.59 Å². The van der Waals surface area contributed by atoms with Gasteiger partial charge in [-0.1, -0.05) is 18.2 Å². The van der Waals surface area contributed by atoms with Crippen LogP contribution in [0.2, 0.25) is 0 Å². The predicted molar refractivity (Wildman–Crippen MR) is 67.7 cm³/mol. The third-order valence-corrected chi connectivity index (χ3v) is 2.93. The number of nitrogens with zero attached hydrogens (tertiary/aromatic N) is 1. The Kier molecular flexibility index (Phi) is 3.42. The van der Waals surface area contributed by atoms with E-state index in [1.807, 2.05) is 31.2 Å². The van der Waals surface area contributed by atoms with Crippen molar-refractivity contribution in [3.8, 4) is 0 Å². The quantitative estimate of drug-likeness (QED) is 0.867. The Hall–Kier alpha value is -1.84. The van der Waals surface area contributed by atoms with Gasteiger partial charge in [0.05, 0.1) is 6.54 Å². The van der Waals surface area contributed by atoms with E-state index in [0.29, 0.717) is 13.0 Å². The highest BCUT2D eigenvalue weighted by molar-refractivity contribution is 5.95. The first-order chi connectivity index (χ1) is 8.16. The molecule has 0 unspecified atom stereocenters. The maximum atomic E-state index is 11.8. The van der Waals surface area contributed by atoms with Crippen molar-refractivity contribution in [3.63, 3.8) is 0 Å². The molecular formula is C13H18N2O2. The third kappa shape index (κ3) is 2.84. The summed E-state index contributed by atoms with van der Waals surface area (Å²) in [6.45, 7) is 2.80. The number of para-hydroxylation sites is 1.